The van der Waals surface area contributed by atoms with E-state index >= 15 is 0 Å². The van der Waals surface area contributed by atoms with Crippen LogP contribution in [0.4, 0.5) is 16.2 Å². The van der Waals surface area contributed by atoms with E-state index in [4.69, 9.17) is 11.6 Å². The minimum absolute atomic E-state index is 0.0194. The van der Waals surface area contributed by atoms with Crippen LogP contribution in [0.3, 0.4) is 0 Å². The molecule has 6 nitrogen and oxygen atoms in total. The number of carbonyl (C=O) groups is 2. The Morgan fingerprint density at radius 1 is 0.946 bits per heavy atom. The molecule has 6 rings (SSSR count). The Hall–Kier alpha value is -4.03. The van der Waals surface area contributed by atoms with Crippen LogP contribution in [0.15, 0.2) is 91.1 Å². The number of aromatic nitrogens is 1. The summed E-state index contributed by atoms with van der Waals surface area (Å²) in [5.74, 6) is -0.143. The molecule has 1 saturated carbocycles. The van der Waals surface area contributed by atoms with E-state index in [0.29, 0.717) is 10.7 Å². The van der Waals surface area contributed by atoms with E-state index in [1.54, 1.807) is 4.90 Å². The smallest absolute Gasteiger partial charge is 0.316 e. The molecule has 0 radical (unpaired) electrons. The van der Waals surface area contributed by atoms with Gasteiger partial charge in [0.1, 0.15) is 12.6 Å². The lowest BCUT2D eigenvalue weighted by Gasteiger charge is -2.39. The second kappa shape index (κ2) is 9.45. The van der Waals surface area contributed by atoms with E-state index < -0.39 is 0 Å². The molecule has 37 heavy (non-hydrogen) atoms. The van der Waals surface area contributed by atoms with E-state index in [9.17, 15) is 9.59 Å². The largest absolute Gasteiger partial charge is 0.322 e. The number of rotatable bonds is 5. The van der Waals surface area contributed by atoms with E-state index in [1.165, 1.54) is 0 Å². The van der Waals surface area contributed by atoms with Crippen LogP contribution in [0.25, 0.3) is 5.69 Å². The number of fused-ring (bicyclic) bond motifs is 3. The van der Waals surface area contributed by atoms with Crippen molar-refractivity contribution in [1.29, 1.82) is 0 Å². The Morgan fingerprint density at radius 3 is 2.43 bits per heavy atom. The quantitative estimate of drug-likeness (QED) is 0.330. The average Bonchev–Trinajstić information content (AvgIpc) is 3.62. The van der Waals surface area contributed by atoms with Crippen LogP contribution in [0.5, 0.6) is 0 Å². The fraction of sp³-hybridized carbons (Fsp3) is 0.200. The maximum atomic E-state index is 14.2. The topological polar surface area (TPSA) is 57.6 Å². The number of benzene rings is 3. The minimum Gasteiger partial charge on any atom is -0.316 e. The summed E-state index contributed by atoms with van der Waals surface area (Å²) >= 11 is 6.38. The van der Waals surface area contributed by atoms with Crippen molar-refractivity contribution in [2.75, 3.05) is 16.8 Å². The molecule has 0 bridgehead atoms. The number of amides is 3. The predicted molar refractivity (Wildman–Crippen MR) is 146 cm³/mol. The SMILES string of the molecule is Cc1ccc(NC(=O)N(CC(=O)N2c3ccccc3-n3cccc3C2c2cccc(Cl)c2)C2CC2)cc1. The van der Waals surface area contributed by atoms with Gasteiger partial charge in [0.05, 0.1) is 17.1 Å². The fourth-order valence-corrected chi connectivity index (χ4v) is 5.26. The van der Waals surface area contributed by atoms with Gasteiger partial charge in [-0.1, -0.05) is 53.6 Å². The molecule has 1 aliphatic carbocycles. The van der Waals surface area contributed by atoms with Crippen LogP contribution in [0.1, 0.15) is 35.7 Å². The van der Waals surface area contributed by atoms with Crippen molar-refractivity contribution in [3.05, 3.63) is 113 Å². The average molecular weight is 511 g/mol. The number of urea groups is 1. The van der Waals surface area contributed by atoms with Crippen LogP contribution in [0, 0.1) is 6.92 Å². The molecule has 1 N–H and O–H groups in total. The Kier molecular flexibility index (Phi) is 5.97. The first-order valence-corrected chi connectivity index (χ1v) is 12.9. The van der Waals surface area contributed by atoms with Crippen molar-refractivity contribution in [3.63, 3.8) is 0 Å². The van der Waals surface area contributed by atoms with Crippen LogP contribution in [-0.4, -0.2) is 34.0 Å². The van der Waals surface area contributed by atoms with Crippen molar-refractivity contribution in [2.45, 2.75) is 31.8 Å². The van der Waals surface area contributed by atoms with E-state index in [0.717, 1.165) is 41.0 Å². The molecule has 1 aromatic heterocycles. The third-order valence-electron chi connectivity index (χ3n) is 7.01. The van der Waals surface area contributed by atoms with Gasteiger partial charge in [0, 0.05) is 22.9 Å². The van der Waals surface area contributed by atoms with Crippen molar-refractivity contribution < 1.29 is 9.59 Å². The van der Waals surface area contributed by atoms with Gasteiger partial charge in [-0.05, 0) is 73.9 Å². The molecular formula is C30H27ClN4O2. The summed E-state index contributed by atoms with van der Waals surface area (Å²) in [4.78, 5) is 31.0. The summed E-state index contributed by atoms with van der Waals surface area (Å²) in [6, 6.07) is 26.6. The number of carbonyl (C=O) groups excluding carboxylic acids is 2. The highest BCUT2D eigenvalue weighted by Crippen LogP contribution is 2.43. The molecule has 1 aliphatic heterocycles. The van der Waals surface area contributed by atoms with Crippen molar-refractivity contribution >= 4 is 34.9 Å². The van der Waals surface area contributed by atoms with Gasteiger partial charge in [-0.15, -0.1) is 0 Å². The molecule has 4 aromatic rings. The second-order valence-corrected chi connectivity index (χ2v) is 10.1. The van der Waals surface area contributed by atoms with Crippen molar-refractivity contribution in [1.82, 2.24) is 9.47 Å². The zero-order valence-electron chi connectivity index (χ0n) is 20.5. The lowest BCUT2D eigenvalue weighted by atomic mass is 9.97. The van der Waals surface area contributed by atoms with Gasteiger partial charge in [-0.2, -0.15) is 0 Å². The van der Waals surface area contributed by atoms with Gasteiger partial charge in [0.25, 0.3) is 0 Å². The summed E-state index contributed by atoms with van der Waals surface area (Å²) in [5.41, 5.74) is 5.44. The lowest BCUT2D eigenvalue weighted by molar-refractivity contribution is -0.119. The molecule has 1 fully saturated rings. The third kappa shape index (κ3) is 4.49. The second-order valence-electron chi connectivity index (χ2n) is 9.67. The molecule has 1 unspecified atom stereocenters. The molecule has 3 amide bonds. The van der Waals surface area contributed by atoms with Crippen molar-refractivity contribution in [3.8, 4) is 5.69 Å². The maximum Gasteiger partial charge on any atom is 0.322 e. The summed E-state index contributed by atoms with van der Waals surface area (Å²) in [6.07, 6.45) is 3.80. The van der Waals surface area contributed by atoms with Gasteiger partial charge < -0.3 is 14.8 Å². The highest BCUT2D eigenvalue weighted by atomic mass is 35.5. The van der Waals surface area contributed by atoms with E-state index in [-0.39, 0.29) is 30.6 Å². The molecule has 0 spiro atoms. The Morgan fingerprint density at radius 2 is 1.70 bits per heavy atom. The molecule has 2 aliphatic rings. The molecule has 2 heterocycles. The number of aryl methyl sites for hydroxylation is 1. The highest BCUT2D eigenvalue weighted by molar-refractivity contribution is 6.30. The number of nitrogens with zero attached hydrogens (tertiary/aromatic N) is 3. The fourth-order valence-electron chi connectivity index (χ4n) is 5.06. The summed E-state index contributed by atoms with van der Waals surface area (Å²) < 4.78 is 2.12. The molecule has 1 atom stereocenters. The van der Waals surface area contributed by atoms with Gasteiger partial charge in [-0.3, -0.25) is 9.69 Å². The Bertz CT molecular complexity index is 1470. The standard InChI is InChI=1S/C30H27ClN4O2/c1-20-11-13-23(14-12-20)32-30(37)34(24-15-16-24)19-28(36)35-26-9-3-2-8-25(26)33-17-5-10-27(33)29(35)21-6-4-7-22(31)18-21/h2-14,17-18,24,29H,15-16,19H2,1H3,(H,32,37). The summed E-state index contributed by atoms with van der Waals surface area (Å²) in [5, 5.41) is 3.58. The number of anilines is 2. The molecule has 0 saturated heterocycles. The monoisotopic (exact) mass is 510 g/mol. The molecule has 7 heteroatoms. The highest BCUT2D eigenvalue weighted by Gasteiger charge is 2.40. The lowest BCUT2D eigenvalue weighted by Crippen LogP contribution is -2.48. The normalized spacial score (nSPS) is 16.1. The minimum atomic E-state index is -0.377. The van der Waals surface area contributed by atoms with Crippen LogP contribution >= 0.6 is 11.6 Å². The first-order chi connectivity index (χ1) is 18.0. The van der Waals surface area contributed by atoms with Gasteiger partial charge in [0.15, 0.2) is 0 Å². The Labute approximate surface area is 221 Å². The van der Waals surface area contributed by atoms with Crippen LogP contribution < -0.4 is 10.2 Å². The van der Waals surface area contributed by atoms with Crippen LogP contribution in [-0.2, 0) is 4.79 Å². The Balaban J connectivity index is 1.36. The first kappa shape index (κ1) is 23.4. The zero-order chi connectivity index (χ0) is 25.5. The number of para-hydroxylation sites is 2. The van der Waals surface area contributed by atoms with E-state index in [1.807, 2.05) is 103 Å². The first-order valence-electron chi connectivity index (χ1n) is 12.5. The van der Waals surface area contributed by atoms with Crippen LogP contribution in [0.2, 0.25) is 5.02 Å². The third-order valence-corrected chi connectivity index (χ3v) is 7.24. The molecule has 3 aromatic carbocycles. The van der Waals surface area contributed by atoms with Gasteiger partial charge in [-0.25, -0.2) is 4.79 Å². The zero-order valence-corrected chi connectivity index (χ0v) is 21.2. The molecular weight excluding hydrogens is 484 g/mol. The van der Waals surface area contributed by atoms with E-state index in [2.05, 4.69) is 9.88 Å². The summed E-state index contributed by atoms with van der Waals surface area (Å²) in [7, 11) is 0. The number of nitrogens with one attached hydrogen (secondary N) is 1. The summed E-state index contributed by atoms with van der Waals surface area (Å²) in [6.45, 7) is 1.98. The number of hydrogen-bond acceptors (Lipinski definition) is 2. The molecule has 186 valence electrons. The van der Waals surface area contributed by atoms with Crippen molar-refractivity contribution in [2.24, 2.45) is 0 Å². The van der Waals surface area contributed by atoms with Gasteiger partial charge in [0.2, 0.25) is 5.91 Å². The van der Waals surface area contributed by atoms with Gasteiger partial charge >= 0.3 is 6.03 Å². The number of hydrogen-bond donors (Lipinski definition) is 1. The number of halogens is 1. The predicted octanol–water partition coefficient (Wildman–Crippen LogP) is 6.57. The maximum absolute atomic E-state index is 14.2.